The lowest BCUT2D eigenvalue weighted by molar-refractivity contribution is 0.0732. The van der Waals surface area contributed by atoms with E-state index >= 15 is 0 Å². The van der Waals surface area contributed by atoms with Crippen LogP contribution in [0.2, 0.25) is 0 Å². The molecule has 0 aliphatic rings. The van der Waals surface area contributed by atoms with Gasteiger partial charge in [0.2, 0.25) is 5.75 Å². The second-order valence-electron chi connectivity index (χ2n) is 6.01. The highest BCUT2D eigenvalue weighted by atomic mass is 16.5. The van der Waals surface area contributed by atoms with Crippen molar-refractivity contribution in [2.24, 2.45) is 0 Å². The molecule has 0 atom stereocenters. The number of rotatable bonds is 8. The lowest BCUT2D eigenvalue weighted by Crippen LogP contribution is -2.12. The number of carbonyl (C=O) groups is 2. The van der Waals surface area contributed by atoms with Crippen molar-refractivity contribution in [1.82, 2.24) is 0 Å². The van der Waals surface area contributed by atoms with Crippen LogP contribution in [0, 0.1) is 0 Å². The number of hydrogen-bond acceptors (Lipinski definition) is 7. The molecule has 1 heterocycles. The Bertz CT molecular complexity index is 1040. The molecule has 0 bridgehead atoms. The maximum atomic E-state index is 12.8. The van der Waals surface area contributed by atoms with Crippen LogP contribution in [-0.2, 0) is 0 Å². The van der Waals surface area contributed by atoms with E-state index in [2.05, 4.69) is 0 Å². The largest absolute Gasteiger partial charge is 0.493 e. The monoisotopic (exact) mass is 408 g/mol. The first-order valence-corrected chi connectivity index (χ1v) is 8.94. The third kappa shape index (κ3) is 4.52. The molecular formula is C23H20O7. The van der Waals surface area contributed by atoms with Gasteiger partial charge in [-0.1, -0.05) is 12.1 Å². The van der Waals surface area contributed by atoms with Crippen molar-refractivity contribution < 1.29 is 33.0 Å². The molecule has 7 nitrogen and oxygen atoms in total. The van der Waals surface area contributed by atoms with Crippen LogP contribution in [0.3, 0.4) is 0 Å². The number of furan rings is 1. The molecule has 0 fully saturated rings. The molecule has 0 aliphatic carbocycles. The maximum absolute atomic E-state index is 12.8. The molecule has 7 heteroatoms. The van der Waals surface area contributed by atoms with E-state index in [1.54, 1.807) is 42.5 Å². The summed E-state index contributed by atoms with van der Waals surface area (Å²) < 4.78 is 26.5. The molecule has 0 saturated carbocycles. The SMILES string of the molecule is COc1cc(C(=O)Oc2ccccc2C(=O)/C=C/c2ccco2)cc(OC)c1OC. The van der Waals surface area contributed by atoms with Gasteiger partial charge in [0.1, 0.15) is 11.5 Å². The lowest BCUT2D eigenvalue weighted by atomic mass is 10.1. The molecule has 2 aromatic carbocycles. The van der Waals surface area contributed by atoms with Crippen LogP contribution in [0.5, 0.6) is 23.0 Å². The van der Waals surface area contributed by atoms with Gasteiger partial charge < -0.3 is 23.4 Å². The number of allylic oxidation sites excluding steroid dienone is 1. The molecule has 0 saturated heterocycles. The molecule has 3 aromatic rings. The highest BCUT2D eigenvalue weighted by molar-refractivity contribution is 6.09. The summed E-state index contributed by atoms with van der Waals surface area (Å²) in [5.41, 5.74) is 0.416. The topological polar surface area (TPSA) is 84.2 Å². The van der Waals surface area contributed by atoms with Crippen LogP contribution in [0.1, 0.15) is 26.5 Å². The van der Waals surface area contributed by atoms with Gasteiger partial charge in [-0.2, -0.15) is 0 Å². The zero-order valence-electron chi connectivity index (χ0n) is 16.7. The van der Waals surface area contributed by atoms with E-state index < -0.39 is 5.97 Å². The predicted molar refractivity (Wildman–Crippen MR) is 110 cm³/mol. The van der Waals surface area contributed by atoms with Gasteiger partial charge in [0, 0.05) is 0 Å². The lowest BCUT2D eigenvalue weighted by Gasteiger charge is -2.14. The molecule has 0 amide bonds. The number of ketones is 1. The van der Waals surface area contributed by atoms with Gasteiger partial charge in [-0.15, -0.1) is 0 Å². The van der Waals surface area contributed by atoms with Crippen molar-refractivity contribution in [3.05, 3.63) is 77.8 Å². The van der Waals surface area contributed by atoms with Crippen LogP contribution >= 0.6 is 0 Å². The zero-order chi connectivity index (χ0) is 21.5. The number of carbonyl (C=O) groups excluding carboxylic acids is 2. The average Bonchev–Trinajstić information content (AvgIpc) is 3.30. The van der Waals surface area contributed by atoms with Crippen molar-refractivity contribution >= 4 is 17.8 Å². The molecule has 0 spiro atoms. The Kier molecular flexibility index (Phi) is 6.54. The van der Waals surface area contributed by atoms with Crippen molar-refractivity contribution in [3.63, 3.8) is 0 Å². The Morgan fingerprint density at radius 2 is 1.57 bits per heavy atom. The van der Waals surface area contributed by atoms with Crippen LogP contribution < -0.4 is 18.9 Å². The molecule has 154 valence electrons. The smallest absolute Gasteiger partial charge is 0.343 e. The van der Waals surface area contributed by atoms with Gasteiger partial charge in [-0.25, -0.2) is 4.79 Å². The fourth-order valence-electron chi connectivity index (χ4n) is 2.75. The second kappa shape index (κ2) is 9.47. The zero-order valence-corrected chi connectivity index (χ0v) is 16.7. The molecule has 0 radical (unpaired) electrons. The van der Waals surface area contributed by atoms with Crippen molar-refractivity contribution in [2.45, 2.75) is 0 Å². The van der Waals surface area contributed by atoms with E-state index in [1.807, 2.05) is 0 Å². The summed E-state index contributed by atoms with van der Waals surface area (Å²) in [6, 6.07) is 12.9. The first-order chi connectivity index (χ1) is 14.6. The summed E-state index contributed by atoms with van der Waals surface area (Å²) in [5.74, 6) is 0.643. The Labute approximate surface area is 173 Å². The average molecular weight is 408 g/mol. The third-order valence-corrected chi connectivity index (χ3v) is 4.20. The second-order valence-corrected chi connectivity index (χ2v) is 6.01. The number of hydrogen-bond donors (Lipinski definition) is 0. The van der Waals surface area contributed by atoms with Gasteiger partial charge in [0.15, 0.2) is 17.3 Å². The minimum atomic E-state index is -0.676. The number of benzene rings is 2. The van der Waals surface area contributed by atoms with Gasteiger partial charge in [-0.05, 0) is 48.6 Å². The minimum Gasteiger partial charge on any atom is -0.493 e. The number of para-hydroxylation sites is 1. The summed E-state index contributed by atoms with van der Waals surface area (Å²) in [6.45, 7) is 0. The van der Waals surface area contributed by atoms with Gasteiger partial charge >= 0.3 is 5.97 Å². The predicted octanol–water partition coefficient (Wildman–Crippen LogP) is 4.42. The first kappa shape index (κ1) is 20.7. The summed E-state index contributed by atoms with van der Waals surface area (Å²) in [6.07, 6.45) is 4.41. The summed E-state index contributed by atoms with van der Waals surface area (Å²) in [7, 11) is 4.37. The van der Waals surface area contributed by atoms with E-state index in [0.29, 0.717) is 23.0 Å². The molecule has 0 aliphatic heterocycles. The molecule has 0 N–H and O–H groups in total. The molecular weight excluding hydrogens is 388 g/mol. The van der Waals surface area contributed by atoms with Gasteiger partial charge in [0.25, 0.3) is 0 Å². The van der Waals surface area contributed by atoms with E-state index in [9.17, 15) is 9.59 Å². The van der Waals surface area contributed by atoms with E-state index in [0.717, 1.165) is 0 Å². The summed E-state index contributed by atoms with van der Waals surface area (Å²) in [4.78, 5) is 25.3. The third-order valence-electron chi connectivity index (χ3n) is 4.20. The Balaban J connectivity index is 1.87. The normalized spacial score (nSPS) is 10.6. The van der Waals surface area contributed by atoms with Crippen LogP contribution in [0.25, 0.3) is 6.08 Å². The Hall–Kier alpha value is -4.00. The number of esters is 1. The highest BCUT2D eigenvalue weighted by Crippen LogP contribution is 2.38. The van der Waals surface area contributed by atoms with Crippen molar-refractivity contribution in [2.75, 3.05) is 21.3 Å². The van der Waals surface area contributed by atoms with Gasteiger partial charge in [0.05, 0.1) is 38.7 Å². The fraction of sp³-hybridized carbons (Fsp3) is 0.130. The quantitative estimate of drug-likeness (QED) is 0.236. The highest BCUT2D eigenvalue weighted by Gasteiger charge is 2.20. The summed E-state index contributed by atoms with van der Waals surface area (Å²) in [5, 5.41) is 0. The first-order valence-electron chi connectivity index (χ1n) is 8.94. The van der Waals surface area contributed by atoms with E-state index in [1.165, 1.54) is 45.8 Å². The van der Waals surface area contributed by atoms with Crippen LogP contribution in [0.4, 0.5) is 0 Å². The van der Waals surface area contributed by atoms with Crippen LogP contribution in [0.15, 0.2) is 65.3 Å². The molecule has 30 heavy (non-hydrogen) atoms. The standard InChI is InChI=1S/C23H20O7/c1-26-20-13-15(14-21(27-2)22(20)28-3)23(25)30-19-9-5-4-8-17(19)18(24)11-10-16-7-6-12-29-16/h4-14H,1-3H3/b11-10+. The maximum Gasteiger partial charge on any atom is 0.343 e. The number of methoxy groups -OCH3 is 3. The molecule has 3 rings (SSSR count). The van der Waals surface area contributed by atoms with E-state index in [-0.39, 0.29) is 22.7 Å². The van der Waals surface area contributed by atoms with Crippen LogP contribution in [-0.4, -0.2) is 33.1 Å². The fourth-order valence-corrected chi connectivity index (χ4v) is 2.75. The summed E-state index contributed by atoms with van der Waals surface area (Å²) >= 11 is 0. The van der Waals surface area contributed by atoms with Gasteiger partial charge in [-0.3, -0.25) is 4.79 Å². The van der Waals surface area contributed by atoms with E-state index in [4.69, 9.17) is 23.4 Å². The molecule has 1 aromatic heterocycles. The molecule has 0 unspecified atom stereocenters. The minimum absolute atomic E-state index is 0.130. The Morgan fingerprint density at radius 1 is 0.867 bits per heavy atom. The Morgan fingerprint density at radius 3 is 2.17 bits per heavy atom. The van der Waals surface area contributed by atoms with Crippen molar-refractivity contribution in [3.8, 4) is 23.0 Å². The number of ether oxygens (including phenoxy) is 4. The van der Waals surface area contributed by atoms with Crippen molar-refractivity contribution in [1.29, 1.82) is 0 Å².